The number of fused-ring (bicyclic) bond motifs is 2. The summed E-state index contributed by atoms with van der Waals surface area (Å²) in [5.41, 5.74) is 6.36. The summed E-state index contributed by atoms with van der Waals surface area (Å²) in [5.74, 6) is 2.67. The summed E-state index contributed by atoms with van der Waals surface area (Å²) in [6, 6.07) is 1.34. The monoisotopic (exact) mass is 208 g/mol. The fourth-order valence-corrected chi connectivity index (χ4v) is 4.26. The zero-order valence-electron chi connectivity index (χ0n) is 9.86. The molecule has 5 unspecified atom stereocenters. The van der Waals surface area contributed by atoms with Gasteiger partial charge in [-0.1, -0.05) is 0 Å². The van der Waals surface area contributed by atoms with Gasteiger partial charge < -0.3 is 10.6 Å². The molecule has 0 radical (unpaired) electrons. The minimum absolute atomic E-state index is 0.525. The lowest BCUT2D eigenvalue weighted by Gasteiger charge is -2.33. The number of hydrogen-bond acceptors (Lipinski definition) is 2. The molecule has 0 amide bonds. The van der Waals surface area contributed by atoms with Crippen molar-refractivity contribution in [1.82, 2.24) is 4.90 Å². The smallest absolute Gasteiger partial charge is 0.0111 e. The third-order valence-electron chi connectivity index (χ3n) is 5.29. The molecular weight excluding hydrogens is 184 g/mol. The van der Waals surface area contributed by atoms with E-state index in [9.17, 15) is 0 Å². The predicted octanol–water partition coefficient (Wildman–Crippen LogP) is 1.84. The van der Waals surface area contributed by atoms with Crippen molar-refractivity contribution >= 4 is 0 Å². The fourth-order valence-electron chi connectivity index (χ4n) is 4.26. The largest absolute Gasteiger partial charge is 0.327 e. The van der Waals surface area contributed by atoms with Crippen molar-refractivity contribution in [3.05, 3.63) is 0 Å². The lowest BCUT2D eigenvalue weighted by Crippen LogP contribution is -2.43. The molecule has 5 atom stereocenters. The summed E-state index contributed by atoms with van der Waals surface area (Å²) in [7, 11) is 0. The van der Waals surface area contributed by atoms with E-state index in [4.69, 9.17) is 5.73 Å². The summed E-state index contributed by atoms with van der Waals surface area (Å²) in [5, 5.41) is 0. The van der Waals surface area contributed by atoms with Gasteiger partial charge in [-0.3, -0.25) is 0 Å². The van der Waals surface area contributed by atoms with Crippen LogP contribution in [0, 0.1) is 17.8 Å². The van der Waals surface area contributed by atoms with Crippen LogP contribution in [-0.4, -0.2) is 30.1 Å². The van der Waals surface area contributed by atoms with E-state index in [-0.39, 0.29) is 0 Å². The van der Waals surface area contributed by atoms with Gasteiger partial charge in [-0.05, 0) is 63.3 Å². The van der Waals surface area contributed by atoms with Crippen molar-refractivity contribution in [2.75, 3.05) is 13.1 Å². The summed E-state index contributed by atoms with van der Waals surface area (Å²) in [4.78, 5) is 2.69. The minimum atomic E-state index is 0.525. The fraction of sp³-hybridized carbons (Fsp3) is 1.00. The van der Waals surface area contributed by atoms with E-state index in [0.29, 0.717) is 6.04 Å². The van der Waals surface area contributed by atoms with Crippen LogP contribution in [0.1, 0.15) is 39.0 Å². The maximum atomic E-state index is 6.36. The summed E-state index contributed by atoms with van der Waals surface area (Å²) < 4.78 is 0. The molecule has 1 heterocycles. The molecule has 86 valence electrons. The Morgan fingerprint density at radius 2 is 2.00 bits per heavy atom. The minimum Gasteiger partial charge on any atom is -0.327 e. The Hall–Kier alpha value is -0.0800. The molecular formula is C13H24N2. The number of hydrogen-bond donors (Lipinski definition) is 1. The van der Waals surface area contributed by atoms with Gasteiger partial charge in [0.25, 0.3) is 0 Å². The van der Waals surface area contributed by atoms with Gasteiger partial charge in [0.05, 0.1) is 0 Å². The Morgan fingerprint density at radius 3 is 2.60 bits per heavy atom. The van der Waals surface area contributed by atoms with E-state index >= 15 is 0 Å². The van der Waals surface area contributed by atoms with Crippen LogP contribution >= 0.6 is 0 Å². The summed E-state index contributed by atoms with van der Waals surface area (Å²) >= 11 is 0. The highest BCUT2D eigenvalue weighted by atomic mass is 15.2. The molecule has 3 rings (SSSR count). The Kier molecular flexibility index (Phi) is 2.52. The predicted molar refractivity (Wildman–Crippen MR) is 62.6 cm³/mol. The number of rotatable bonds is 2. The molecule has 2 N–H and O–H groups in total. The first-order valence-corrected chi connectivity index (χ1v) is 6.75. The molecule has 15 heavy (non-hydrogen) atoms. The van der Waals surface area contributed by atoms with Gasteiger partial charge in [-0.2, -0.15) is 0 Å². The highest BCUT2D eigenvalue weighted by Gasteiger charge is 2.46. The van der Waals surface area contributed by atoms with Crippen LogP contribution in [-0.2, 0) is 0 Å². The van der Waals surface area contributed by atoms with E-state index in [1.165, 1.54) is 45.2 Å². The Labute approximate surface area is 93.2 Å². The lowest BCUT2D eigenvalue weighted by molar-refractivity contribution is 0.170. The molecule has 2 bridgehead atoms. The van der Waals surface area contributed by atoms with Crippen LogP contribution in [0.15, 0.2) is 0 Å². The van der Waals surface area contributed by atoms with Gasteiger partial charge >= 0.3 is 0 Å². The molecule has 2 saturated carbocycles. The first kappa shape index (κ1) is 10.1. The van der Waals surface area contributed by atoms with Gasteiger partial charge in [-0.15, -0.1) is 0 Å². The van der Waals surface area contributed by atoms with Crippen molar-refractivity contribution < 1.29 is 0 Å². The van der Waals surface area contributed by atoms with Crippen LogP contribution in [0.3, 0.4) is 0 Å². The average molecular weight is 208 g/mol. The molecule has 1 aliphatic heterocycles. The van der Waals surface area contributed by atoms with Gasteiger partial charge in [0, 0.05) is 18.6 Å². The zero-order valence-corrected chi connectivity index (χ0v) is 9.86. The summed E-state index contributed by atoms with van der Waals surface area (Å²) in [6.07, 6.45) is 7.12. The SMILES string of the molecule is CC1CCCN1CC1C2CCC(C2)C1N. The summed E-state index contributed by atoms with van der Waals surface area (Å²) in [6.45, 7) is 5.00. The normalized spacial score (nSPS) is 50.4. The maximum Gasteiger partial charge on any atom is 0.0111 e. The molecule has 2 nitrogen and oxygen atoms in total. The molecule has 3 fully saturated rings. The topological polar surface area (TPSA) is 29.3 Å². The second kappa shape index (κ2) is 3.74. The standard InChI is InChI=1S/C13H24N2/c1-9-3-2-6-15(9)8-12-10-4-5-11(7-10)13(12)14/h9-13H,2-8,14H2,1H3. The highest BCUT2D eigenvalue weighted by Crippen LogP contribution is 2.48. The van der Waals surface area contributed by atoms with E-state index < -0.39 is 0 Å². The first-order valence-electron chi connectivity index (χ1n) is 6.75. The van der Waals surface area contributed by atoms with Gasteiger partial charge in [0.15, 0.2) is 0 Å². The zero-order chi connectivity index (χ0) is 10.4. The molecule has 2 heteroatoms. The van der Waals surface area contributed by atoms with E-state index in [0.717, 1.165) is 23.8 Å². The van der Waals surface area contributed by atoms with Gasteiger partial charge in [0.1, 0.15) is 0 Å². The van der Waals surface area contributed by atoms with Crippen molar-refractivity contribution in [3.8, 4) is 0 Å². The van der Waals surface area contributed by atoms with Gasteiger partial charge in [0.2, 0.25) is 0 Å². The molecule has 0 aromatic carbocycles. The second-order valence-corrected chi connectivity index (χ2v) is 6.06. The van der Waals surface area contributed by atoms with E-state index in [1.54, 1.807) is 0 Å². The Morgan fingerprint density at radius 1 is 1.20 bits per heavy atom. The van der Waals surface area contributed by atoms with Crippen molar-refractivity contribution in [1.29, 1.82) is 0 Å². The van der Waals surface area contributed by atoms with E-state index in [1.807, 2.05) is 0 Å². The van der Waals surface area contributed by atoms with Crippen LogP contribution < -0.4 is 5.73 Å². The van der Waals surface area contributed by atoms with Crippen LogP contribution in [0.4, 0.5) is 0 Å². The van der Waals surface area contributed by atoms with Crippen molar-refractivity contribution in [3.63, 3.8) is 0 Å². The molecule has 0 aromatic heterocycles. The van der Waals surface area contributed by atoms with Crippen molar-refractivity contribution in [2.24, 2.45) is 23.5 Å². The lowest BCUT2D eigenvalue weighted by atomic mass is 9.84. The van der Waals surface area contributed by atoms with E-state index in [2.05, 4.69) is 11.8 Å². The van der Waals surface area contributed by atoms with Crippen LogP contribution in [0.5, 0.6) is 0 Å². The third kappa shape index (κ3) is 1.62. The van der Waals surface area contributed by atoms with Gasteiger partial charge in [-0.25, -0.2) is 0 Å². The number of nitrogens with two attached hydrogens (primary N) is 1. The first-order chi connectivity index (χ1) is 7.25. The van der Waals surface area contributed by atoms with Crippen LogP contribution in [0.25, 0.3) is 0 Å². The second-order valence-electron chi connectivity index (χ2n) is 6.06. The quantitative estimate of drug-likeness (QED) is 0.750. The molecule has 3 aliphatic rings. The number of likely N-dealkylation sites (tertiary alicyclic amines) is 1. The molecule has 0 spiro atoms. The molecule has 0 aromatic rings. The average Bonchev–Trinajstić information content (AvgIpc) is 2.87. The maximum absolute atomic E-state index is 6.36. The van der Waals surface area contributed by atoms with Crippen LogP contribution in [0.2, 0.25) is 0 Å². The number of nitrogens with zero attached hydrogens (tertiary/aromatic N) is 1. The van der Waals surface area contributed by atoms with Crippen molar-refractivity contribution in [2.45, 2.75) is 51.1 Å². The molecule has 1 saturated heterocycles. The third-order valence-corrected chi connectivity index (χ3v) is 5.29. The molecule has 2 aliphatic carbocycles. The Bertz CT molecular complexity index is 239. The Balaban J connectivity index is 1.63. The highest BCUT2D eigenvalue weighted by molar-refractivity contribution is 5.00.